The second-order valence-corrected chi connectivity index (χ2v) is 8.63. The first-order chi connectivity index (χ1) is 17.0. The third kappa shape index (κ3) is 5.67. The van der Waals surface area contributed by atoms with E-state index in [1.54, 1.807) is 57.9 Å². The standard InChI is InChI=1S/C25H24N6O3S/c1-30(2)24(33)18-4-6-19(7-5-18)27-22(32)16-35-25-29-28-23(17-12-14-26-15-13-17)31(25)20-8-10-21(34-3)11-9-20/h4-15H,16H2,1-3H3,(H,27,32). The minimum absolute atomic E-state index is 0.0960. The molecule has 2 aromatic heterocycles. The van der Waals surface area contributed by atoms with Gasteiger partial charge in [0.15, 0.2) is 11.0 Å². The number of thioether (sulfide) groups is 1. The highest BCUT2D eigenvalue weighted by Gasteiger charge is 2.18. The highest BCUT2D eigenvalue weighted by atomic mass is 32.2. The Morgan fingerprint density at radius 1 is 0.971 bits per heavy atom. The van der Waals surface area contributed by atoms with E-state index in [-0.39, 0.29) is 17.6 Å². The maximum atomic E-state index is 12.6. The molecule has 2 heterocycles. The van der Waals surface area contributed by atoms with Gasteiger partial charge < -0.3 is 15.0 Å². The van der Waals surface area contributed by atoms with Crippen molar-refractivity contribution in [1.82, 2.24) is 24.6 Å². The molecule has 2 amide bonds. The van der Waals surface area contributed by atoms with Gasteiger partial charge in [-0.25, -0.2) is 0 Å². The van der Waals surface area contributed by atoms with Gasteiger partial charge in [0.05, 0.1) is 12.9 Å². The Labute approximate surface area is 207 Å². The first-order valence-corrected chi connectivity index (χ1v) is 11.7. The zero-order valence-electron chi connectivity index (χ0n) is 19.5. The van der Waals surface area contributed by atoms with Crippen LogP contribution in [-0.4, -0.2) is 63.4 Å². The average molecular weight is 489 g/mol. The summed E-state index contributed by atoms with van der Waals surface area (Å²) in [4.78, 5) is 30.2. The lowest BCUT2D eigenvalue weighted by atomic mass is 10.2. The molecular formula is C25H24N6O3S. The van der Waals surface area contributed by atoms with Gasteiger partial charge in [0.1, 0.15) is 5.75 Å². The number of methoxy groups -OCH3 is 1. The van der Waals surface area contributed by atoms with Crippen LogP contribution in [-0.2, 0) is 4.79 Å². The van der Waals surface area contributed by atoms with Gasteiger partial charge in [-0.3, -0.25) is 19.1 Å². The van der Waals surface area contributed by atoms with Crippen LogP contribution in [0.25, 0.3) is 17.1 Å². The molecule has 0 unspecified atom stereocenters. The smallest absolute Gasteiger partial charge is 0.253 e. The molecule has 0 spiro atoms. The molecule has 0 aliphatic carbocycles. The van der Waals surface area contributed by atoms with Crippen molar-refractivity contribution < 1.29 is 14.3 Å². The topological polar surface area (TPSA) is 102 Å². The zero-order chi connectivity index (χ0) is 24.8. The van der Waals surface area contributed by atoms with Crippen LogP contribution in [0.5, 0.6) is 5.75 Å². The second kappa shape index (κ2) is 10.8. The highest BCUT2D eigenvalue weighted by molar-refractivity contribution is 7.99. The molecule has 0 saturated carbocycles. The Bertz CT molecular complexity index is 1310. The molecule has 4 aromatic rings. The number of carbonyl (C=O) groups is 2. The number of benzene rings is 2. The minimum atomic E-state index is -0.198. The molecule has 0 bridgehead atoms. The van der Waals surface area contributed by atoms with E-state index in [9.17, 15) is 9.59 Å². The van der Waals surface area contributed by atoms with Gasteiger partial charge in [-0.1, -0.05) is 11.8 Å². The minimum Gasteiger partial charge on any atom is -0.497 e. The normalized spacial score (nSPS) is 10.6. The Balaban J connectivity index is 1.51. The summed E-state index contributed by atoms with van der Waals surface area (Å²) in [5, 5.41) is 12.1. The average Bonchev–Trinajstić information content (AvgIpc) is 3.32. The fraction of sp³-hybridized carbons (Fsp3) is 0.160. The third-order valence-corrected chi connectivity index (χ3v) is 5.99. The van der Waals surface area contributed by atoms with Gasteiger partial charge in [-0.05, 0) is 60.7 Å². The predicted octanol–water partition coefficient (Wildman–Crippen LogP) is 3.77. The number of nitrogens with one attached hydrogen (secondary N) is 1. The summed E-state index contributed by atoms with van der Waals surface area (Å²) >= 11 is 1.28. The number of rotatable bonds is 8. The van der Waals surface area contributed by atoms with Gasteiger partial charge in [-0.2, -0.15) is 0 Å². The van der Waals surface area contributed by atoms with Crippen molar-refractivity contribution in [1.29, 1.82) is 0 Å². The molecule has 35 heavy (non-hydrogen) atoms. The third-order valence-electron chi connectivity index (χ3n) is 5.06. The van der Waals surface area contributed by atoms with E-state index in [0.717, 1.165) is 17.0 Å². The predicted molar refractivity (Wildman–Crippen MR) is 135 cm³/mol. The monoisotopic (exact) mass is 488 g/mol. The van der Waals surface area contributed by atoms with Crippen LogP contribution in [0.3, 0.4) is 0 Å². The Morgan fingerprint density at radius 3 is 2.29 bits per heavy atom. The van der Waals surface area contributed by atoms with Crippen LogP contribution in [0.2, 0.25) is 0 Å². The summed E-state index contributed by atoms with van der Waals surface area (Å²) in [6.07, 6.45) is 3.39. The lowest BCUT2D eigenvalue weighted by Crippen LogP contribution is -2.21. The molecule has 1 N–H and O–H groups in total. The summed E-state index contributed by atoms with van der Waals surface area (Å²) in [5.41, 5.74) is 2.86. The number of carbonyl (C=O) groups excluding carboxylic acids is 2. The largest absolute Gasteiger partial charge is 0.497 e. The summed E-state index contributed by atoms with van der Waals surface area (Å²) in [7, 11) is 5.00. The Hall–Kier alpha value is -4.18. The molecule has 2 aromatic carbocycles. The summed E-state index contributed by atoms with van der Waals surface area (Å²) in [5.74, 6) is 1.21. The first kappa shape index (κ1) is 24.0. The van der Waals surface area contributed by atoms with Crippen LogP contribution in [0.4, 0.5) is 5.69 Å². The SMILES string of the molecule is COc1ccc(-n2c(SCC(=O)Nc3ccc(C(=O)N(C)C)cc3)nnc2-c2ccncc2)cc1. The van der Waals surface area contributed by atoms with Crippen LogP contribution >= 0.6 is 11.8 Å². The molecule has 178 valence electrons. The lowest BCUT2D eigenvalue weighted by molar-refractivity contribution is -0.113. The Morgan fingerprint density at radius 2 is 1.66 bits per heavy atom. The van der Waals surface area contributed by atoms with Gasteiger partial charge in [0.2, 0.25) is 5.91 Å². The van der Waals surface area contributed by atoms with Crippen molar-refractivity contribution in [2.45, 2.75) is 5.16 Å². The van der Waals surface area contributed by atoms with Crippen LogP contribution in [0.15, 0.2) is 78.2 Å². The van der Waals surface area contributed by atoms with Crippen molar-refractivity contribution in [3.63, 3.8) is 0 Å². The van der Waals surface area contributed by atoms with E-state index in [1.165, 1.54) is 16.7 Å². The van der Waals surface area contributed by atoms with E-state index in [0.29, 0.717) is 22.2 Å². The molecule has 0 radical (unpaired) electrons. The summed E-state index contributed by atoms with van der Waals surface area (Å²) in [6.45, 7) is 0. The molecule has 0 saturated heterocycles. The molecule has 0 fully saturated rings. The molecule has 9 nitrogen and oxygen atoms in total. The fourth-order valence-electron chi connectivity index (χ4n) is 3.30. The van der Waals surface area contributed by atoms with E-state index >= 15 is 0 Å². The van der Waals surface area contributed by atoms with Crippen LogP contribution in [0.1, 0.15) is 10.4 Å². The van der Waals surface area contributed by atoms with E-state index < -0.39 is 0 Å². The van der Waals surface area contributed by atoms with Gasteiger partial charge in [0, 0.05) is 49.0 Å². The van der Waals surface area contributed by atoms with Gasteiger partial charge in [0.25, 0.3) is 5.91 Å². The van der Waals surface area contributed by atoms with Crippen molar-refractivity contribution >= 4 is 29.3 Å². The number of hydrogen-bond acceptors (Lipinski definition) is 7. The van der Waals surface area contributed by atoms with Crippen molar-refractivity contribution in [3.8, 4) is 22.8 Å². The lowest BCUT2D eigenvalue weighted by Gasteiger charge is -2.12. The van der Waals surface area contributed by atoms with E-state index in [2.05, 4.69) is 20.5 Å². The molecule has 0 aliphatic rings. The van der Waals surface area contributed by atoms with Crippen molar-refractivity contribution in [2.75, 3.05) is 32.3 Å². The zero-order valence-corrected chi connectivity index (χ0v) is 20.3. The van der Waals surface area contributed by atoms with Gasteiger partial charge >= 0.3 is 0 Å². The maximum absolute atomic E-state index is 12.6. The molecule has 10 heteroatoms. The summed E-state index contributed by atoms with van der Waals surface area (Å²) < 4.78 is 7.17. The quantitative estimate of drug-likeness (QED) is 0.377. The van der Waals surface area contributed by atoms with Crippen molar-refractivity contribution in [2.24, 2.45) is 0 Å². The second-order valence-electron chi connectivity index (χ2n) is 7.69. The van der Waals surface area contributed by atoms with E-state index in [4.69, 9.17) is 4.74 Å². The number of hydrogen-bond donors (Lipinski definition) is 1. The number of aromatic nitrogens is 4. The molecule has 0 aliphatic heterocycles. The number of amides is 2. The number of anilines is 1. The van der Waals surface area contributed by atoms with Gasteiger partial charge in [-0.15, -0.1) is 10.2 Å². The highest BCUT2D eigenvalue weighted by Crippen LogP contribution is 2.28. The van der Waals surface area contributed by atoms with Crippen molar-refractivity contribution in [3.05, 3.63) is 78.6 Å². The Kier molecular flexibility index (Phi) is 7.41. The van der Waals surface area contributed by atoms with E-state index in [1.807, 2.05) is 41.0 Å². The number of nitrogens with zero attached hydrogens (tertiary/aromatic N) is 5. The van der Waals surface area contributed by atoms with Crippen LogP contribution in [0, 0.1) is 0 Å². The summed E-state index contributed by atoms with van der Waals surface area (Å²) in [6, 6.07) is 18.0. The molecular weight excluding hydrogens is 464 g/mol. The molecule has 4 rings (SSSR count). The number of ether oxygens (including phenoxy) is 1. The number of pyridine rings is 1. The van der Waals surface area contributed by atoms with Crippen LogP contribution < -0.4 is 10.1 Å². The fourth-order valence-corrected chi connectivity index (χ4v) is 4.05. The maximum Gasteiger partial charge on any atom is 0.253 e. The first-order valence-electron chi connectivity index (χ1n) is 10.7. The molecule has 0 atom stereocenters.